The molecule has 2 aromatic heterocycles. The van der Waals surface area contributed by atoms with E-state index in [0.717, 1.165) is 22.2 Å². The Morgan fingerprint density at radius 3 is 2.81 bits per heavy atom. The van der Waals surface area contributed by atoms with E-state index in [1.54, 1.807) is 11.3 Å². The van der Waals surface area contributed by atoms with E-state index >= 15 is 0 Å². The van der Waals surface area contributed by atoms with Crippen molar-refractivity contribution in [3.05, 3.63) is 40.7 Å². The van der Waals surface area contributed by atoms with Crippen molar-refractivity contribution in [1.29, 1.82) is 0 Å². The number of nitrogens with zero attached hydrogens (tertiary/aromatic N) is 4. The first kappa shape index (κ1) is 12.8. The third-order valence-electron chi connectivity index (χ3n) is 3.75. The first-order valence-corrected chi connectivity index (χ1v) is 7.91. The summed E-state index contributed by atoms with van der Waals surface area (Å²) in [4.78, 5) is 0.868. The topological polar surface area (TPSA) is 55.1 Å². The largest absolute Gasteiger partial charge is 0.375 e. The minimum Gasteiger partial charge on any atom is -0.375 e. The zero-order valence-electron chi connectivity index (χ0n) is 12.3. The van der Waals surface area contributed by atoms with Gasteiger partial charge in [0.2, 0.25) is 4.96 Å². The van der Waals surface area contributed by atoms with E-state index in [4.69, 9.17) is 5.10 Å². The maximum atomic E-state index is 4.75. The number of fused-ring (bicyclic) bond motifs is 2. The SMILES string of the molecule is CC(C)(C)c1nnc2sc(C3Cc4ccccc4N3)nn12. The van der Waals surface area contributed by atoms with Crippen molar-refractivity contribution in [3.63, 3.8) is 0 Å². The molecule has 108 valence electrons. The predicted octanol–water partition coefficient (Wildman–Crippen LogP) is 3.19. The molecule has 5 nitrogen and oxygen atoms in total. The number of para-hydroxylation sites is 1. The lowest BCUT2D eigenvalue weighted by Crippen LogP contribution is -2.17. The lowest BCUT2D eigenvalue weighted by atomic mass is 9.96. The molecule has 0 saturated heterocycles. The van der Waals surface area contributed by atoms with Gasteiger partial charge in [0.15, 0.2) is 5.82 Å². The van der Waals surface area contributed by atoms with Gasteiger partial charge in [0.05, 0.1) is 6.04 Å². The highest BCUT2D eigenvalue weighted by atomic mass is 32.1. The second-order valence-corrected chi connectivity index (χ2v) is 7.45. The van der Waals surface area contributed by atoms with Gasteiger partial charge in [0.1, 0.15) is 5.01 Å². The maximum Gasteiger partial charge on any atom is 0.234 e. The summed E-state index contributed by atoms with van der Waals surface area (Å²) in [6, 6.07) is 8.67. The van der Waals surface area contributed by atoms with E-state index in [9.17, 15) is 0 Å². The number of benzene rings is 1. The van der Waals surface area contributed by atoms with Gasteiger partial charge in [0, 0.05) is 17.5 Å². The molecule has 0 amide bonds. The van der Waals surface area contributed by atoms with Crippen molar-refractivity contribution < 1.29 is 0 Å². The van der Waals surface area contributed by atoms with Crippen LogP contribution in [0.4, 0.5) is 5.69 Å². The molecule has 1 N–H and O–H groups in total. The van der Waals surface area contributed by atoms with Crippen LogP contribution in [0.5, 0.6) is 0 Å². The summed E-state index contributed by atoms with van der Waals surface area (Å²) in [6.45, 7) is 6.39. The molecule has 1 aliphatic rings. The van der Waals surface area contributed by atoms with E-state index in [1.165, 1.54) is 11.3 Å². The quantitative estimate of drug-likeness (QED) is 0.750. The Balaban J connectivity index is 1.72. The summed E-state index contributed by atoms with van der Waals surface area (Å²) in [7, 11) is 0. The standard InChI is InChI=1S/C15H17N5S/c1-15(2,3)13-17-18-14-20(13)19-12(21-14)11-8-9-6-4-5-7-10(9)16-11/h4-7,11,16H,8H2,1-3H3. The van der Waals surface area contributed by atoms with Crippen molar-refractivity contribution >= 4 is 22.0 Å². The Morgan fingerprint density at radius 1 is 1.24 bits per heavy atom. The highest BCUT2D eigenvalue weighted by Gasteiger charge is 2.28. The smallest absolute Gasteiger partial charge is 0.234 e. The van der Waals surface area contributed by atoms with Crippen LogP contribution in [0.2, 0.25) is 0 Å². The fraction of sp³-hybridized carbons (Fsp3) is 0.400. The van der Waals surface area contributed by atoms with E-state index in [-0.39, 0.29) is 11.5 Å². The van der Waals surface area contributed by atoms with E-state index < -0.39 is 0 Å². The fourth-order valence-electron chi connectivity index (χ4n) is 2.69. The Labute approximate surface area is 127 Å². The molecule has 3 aromatic rings. The van der Waals surface area contributed by atoms with Crippen LogP contribution in [0.1, 0.15) is 43.2 Å². The number of hydrogen-bond donors (Lipinski definition) is 1. The highest BCUT2D eigenvalue weighted by Crippen LogP contribution is 2.36. The number of rotatable bonds is 1. The third kappa shape index (κ3) is 2.01. The molecule has 0 spiro atoms. The average molecular weight is 299 g/mol. The molecule has 1 atom stereocenters. The van der Waals surface area contributed by atoms with Crippen molar-refractivity contribution in [2.24, 2.45) is 0 Å². The lowest BCUT2D eigenvalue weighted by molar-refractivity contribution is 0.525. The maximum absolute atomic E-state index is 4.75. The minimum atomic E-state index is -0.0587. The van der Waals surface area contributed by atoms with Gasteiger partial charge >= 0.3 is 0 Å². The molecule has 1 aliphatic heterocycles. The van der Waals surface area contributed by atoms with Crippen LogP contribution in [0, 0.1) is 0 Å². The Bertz CT molecular complexity index is 786. The summed E-state index contributed by atoms with van der Waals surface area (Å²) in [5.41, 5.74) is 2.51. The molecule has 0 aliphatic carbocycles. The van der Waals surface area contributed by atoms with E-state index in [0.29, 0.717) is 0 Å². The van der Waals surface area contributed by atoms with Crippen molar-refractivity contribution in [3.8, 4) is 0 Å². The number of nitrogens with one attached hydrogen (secondary N) is 1. The van der Waals surface area contributed by atoms with Crippen molar-refractivity contribution in [2.45, 2.75) is 38.6 Å². The van der Waals surface area contributed by atoms with Gasteiger partial charge in [-0.25, -0.2) is 0 Å². The molecule has 4 rings (SSSR count). The molecule has 0 fully saturated rings. The Morgan fingerprint density at radius 2 is 2.05 bits per heavy atom. The van der Waals surface area contributed by atoms with Gasteiger partial charge in [-0.2, -0.15) is 9.61 Å². The monoisotopic (exact) mass is 299 g/mol. The van der Waals surface area contributed by atoms with Gasteiger partial charge in [-0.3, -0.25) is 0 Å². The van der Waals surface area contributed by atoms with E-state index in [2.05, 4.69) is 60.6 Å². The number of anilines is 1. The Hall–Kier alpha value is -1.95. The molecular formula is C15H17N5S. The van der Waals surface area contributed by atoms with Crippen LogP contribution >= 0.6 is 11.3 Å². The predicted molar refractivity (Wildman–Crippen MR) is 83.9 cm³/mol. The third-order valence-corrected chi connectivity index (χ3v) is 4.76. The molecule has 0 saturated carbocycles. The molecule has 1 unspecified atom stereocenters. The Kier molecular flexibility index (Phi) is 2.60. The van der Waals surface area contributed by atoms with Crippen LogP contribution in [0.3, 0.4) is 0 Å². The second kappa shape index (κ2) is 4.27. The molecule has 1 aromatic carbocycles. The first-order chi connectivity index (χ1) is 10.0. The highest BCUT2D eigenvalue weighted by molar-refractivity contribution is 7.16. The molecule has 0 bridgehead atoms. The van der Waals surface area contributed by atoms with E-state index in [1.807, 2.05) is 4.52 Å². The summed E-state index contributed by atoms with van der Waals surface area (Å²) in [5.74, 6) is 0.913. The van der Waals surface area contributed by atoms with Gasteiger partial charge in [-0.05, 0) is 11.6 Å². The van der Waals surface area contributed by atoms with Crippen LogP contribution in [-0.4, -0.2) is 19.8 Å². The van der Waals surface area contributed by atoms with Gasteiger partial charge < -0.3 is 5.32 Å². The van der Waals surface area contributed by atoms with Crippen LogP contribution in [0.15, 0.2) is 24.3 Å². The molecule has 21 heavy (non-hydrogen) atoms. The van der Waals surface area contributed by atoms with Crippen LogP contribution in [-0.2, 0) is 11.8 Å². The van der Waals surface area contributed by atoms with Gasteiger partial charge in [0.25, 0.3) is 0 Å². The average Bonchev–Trinajstić information content (AvgIpc) is 3.09. The summed E-state index contributed by atoms with van der Waals surface area (Å²) in [5, 5.41) is 17.9. The summed E-state index contributed by atoms with van der Waals surface area (Å²) in [6.07, 6.45) is 0.977. The van der Waals surface area contributed by atoms with Crippen LogP contribution < -0.4 is 5.32 Å². The fourth-order valence-corrected chi connectivity index (χ4v) is 3.58. The normalized spacial score (nSPS) is 18.0. The number of aromatic nitrogens is 4. The molecule has 0 radical (unpaired) electrons. The minimum absolute atomic E-state index is 0.0587. The van der Waals surface area contributed by atoms with Gasteiger partial charge in [-0.15, -0.1) is 10.2 Å². The molecular weight excluding hydrogens is 282 g/mol. The number of hydrogen-bond acceptors (Lipinski definition) is 5. The zero-order valence-corrected chi connectivity index (χ0v) is 13.1. The van der Waals surface area contributed by atoms with Gasteiger partial charge in [-0.1, -0.05) is 50.3 Å². The zero-order chi connectivity index (χ0) is 14.6. The molecule has 6 heteroatoms. The second-order valence-electron chi connectivity index (χ2n) is 6.47. The van der Waals surface area contributed by atoms with Crippen molar-refractivity contribution in [2.75, 3.05) is 5.32 Å². The first-order valence-electron chi connectivity index (χ1n) is 7.09. The summed E-state index contributed by atoms with van der Waals surface area (Å²) >= 11 is 1.62. The van der Waals surface area contributed by atoms with Crippen LogP contribution in [0.25, 0.3) is 4.96 Å². The molecule has 3 heterocycles. The van der Waals surface area contributed by atoms with Crippen molar-refractivity contribution in [1.82, 2.24) is 19.8 Å². The lowest BCUT2D eigenvalue weighted by Gasteiger charge is -2.13. The summed E-state index contributed by atoms with van der Waals surface area (Å²) < 4.78 is 1.89.